The topological polar surface area (TPSA) is 78.4 Å². The second-order valence-electron chi connectivity index (χ2n) is 7.48. The highest BCUT2D eigenvalue weighted by atomic mass is 35.5. The maximum absolute atomic E-state index is 13.0. The number of rotatable bonds is 4. The Kier molecular flexibility index (Phi) is 6.07. The van der Waals surface area contributed by atoms with Gasteiger partial charge in [-0.25, -0.2) is 0 Å². The maximum atomic E-state index is 13.0. The first-order chi connectivity index (χ1) is 14.7. The number of nitrogens with one attached hydrogen (secondary N) is 1. The summed E-state index contributed by atoms with van der Waals surface area (Å²) in [6.45, 7) is 1.65. The Morgan fingerprint density at radius 2 is 1.97 bits per heavy atom. The van der Waals surface area contributed by atoms with Gasteiger partial charge in [-0.3, -0.25) is 14.5 Å². The fourth-order valence-electron chi connectivity index (χ4n) is 3.69. The van der Waals surface area contributed by atoms with Crippen LogP contribution in [0.5, 0.6) is 0 Å². The monoisotopic (exact) mass is 473 g/mol. The van der Waals surface area contributed by atoms with E-state index < -0.39 is 23.6 Å². The summed E-state index contributed by atoms with van der Waals surface area (Å²) in [5, 5.41) is 12.0. The lowest BCUT2D eigenvalue weighted by Gasteiger charge is -2.31. The zero-order valence-electron chi connectivity index (χ0n) is 16.3. The summed E-state index contributed by atoms with van der Waals surface area (Å²) in [6.07, 6.45) is -1.93. The molecule has 2 amide bonds. The van der Waals surface area contributed by atoms with Crippen LogP contribution in [0.2, 0.25) is 5.02 Å². The summed E-state index contributed by atoms with van der Waals surface area (Å²) in [7, 11) is 0. The zero-order valence-corrected chi connectivity index (χ0v) is 17.9. The first-order valence-corrected chi connectivity index (χ1v) is 11.0. The highest BCUT2D eigenvalue weighted by molar-refractivity contribution is 7.19. The van der Waals surface area contributed by atoms with Gasteiger partial charge in [-0.2, -0.15) is 13.2 Å². The van der Waals surface area contributed by atoms with Crippen LogP contribution >= 0.6 is 22.9 Å². The highest BCUT2D eigenvalue weighted by Crippen LogP contribution is 2.35. The van der Waals surface area contributed by atoms with Crippen LogP contribution in [0.25, 0.3) is 0 Å². The Morgan fingerprint density at radius 3 is 2.68 bits per heavy atom. The molecule has 1 aromatic carbocycles. The van der Waals surface area contributed by atoms with E-state index in [2.05, 4.69) is 15.5 Å². The van der Waals surface area contributed by atoms with Crippen molar-refractivity contribution >= 4 is 50.7 Å². The predicted octanol–water partition coefficient (Wildman–Crippen LogP) is 4.19. The number of halogens is 4. The van der Waals surface area contributed by atoms with E-state index >= 15 is 0 Å². The van der Waals surface area contributed by atoms with Crippen LogP contribution in [0, 0.1) is 5.92 Å². The molecule has 2 aliphatic heterocycles. The molecule has 2 aliphatic rings. The quantitative estimate of drug-likeness (QED) is 0.720. The molecule has 1 unspecified atom stereocenters. The van der Waals surface area contributed by atoms with Crippen molar-refractivity contribution in [3.8, 4) is 0 Å². The largest absolute Gasteiger partial charge is 0.416 e. The highest BCUT2D eigenvalue weighted by Gasteiger charge is 2.33. The minimum absolute atomic E-state index is 0.0246. The van der Waals surface area contributed by atoms with Gasteiger partial charge in [-0.15, -0.1) is 10.2 Å². The maximum Gasteiger partial charge on any atom is 0.416 e. The van der Waals surface area contributed by atoms with Crippen LogP contribution in [0.15, 0.2) is 18.2 Å². The van der Waals surface area contributed by atoms with Crippen LogP contribution in [0.3, 0.4) is 0 Å². The number of alkyl halides is 3. The van der Waals surface area contributed by atoms with Crippen LogP contribution in [-0.2, 0) is 15.8 Å². The Bertz CT molecular complexity index is 999. The number of amides is 2. The van der Waals surface area contributed by atoms with Crippen molar-refractivity contribution in [1.82, 2.24) is 10.2 Å². The van der Waals surface area contributed by atoms with Crippen molar-refractivity contribution in [2.24, 2.45) is 5.92 Å². The summed E-state index contributed by atoms with van der Waals surface area (Å²) < 4.78 is 38.9. The second kappa shape index (κ2) is 8.62. The van der Waals surface area contributed by atoms with Gasteiger partial charge >= 0.3 is 6.18 Å². The van der Waals surface area contributed by atoms with Crippen LogP contribution in [0.1, 0.15) is 31.2 Å². The van der Waals surface area contributed by atoms with Gasteiger partial charge in [0.05, 0.1) is 22.2 Å². The molecule has 1 N–H and O–H groups in total. The van der Waals surface area contributed by atoms with E-state index in [0.29, 0.717) is 49.2 Å². The first kappa shape index (κ1) is 21.8. The molecular weight excluding hydrogens is 455 g/mol. The summed E-state index contributed by atoms with van der Waals surface area (Å²) in [6, 6.07) is 2.83. The summed E-state index contributed by atoms with van der Waals surface area (Å²) in [4.78, 5) is 28.2. The molecule has 0 bridgehead atoms. The van der Waals surface area contributed by atoms with Gasteiger partial charge in [-0.05, 0) is 37.5 Å². The van der Waals surface area contributed by atoms with Crippen LogP contribution < -0.4 is 15.1 Å². The van der Waals surface area contributed by atoms with Gasteiger partial charge in [0, 0.05) is 26.1 Å². The Labute approximate surface area is 185 Å². The third kappa shape index (κ3) is 4.77. The molecule has 0 aliphatic carbocycles. The number of aromatic nitrogens is 2. The smallest absolute Gasteiger partial charge is 0.346 e. The molecule has 2 fully saturated rings. The number of nitrogens with zero attached hydrogens (tertiary/aromatic N) is 4. The normalized spacial score (nSPS) is 19.7. The lowest BCUT2D eigenvalue weighted by Crippen LogP contribution is -2.40. The molecule has 2 saturated heterocycles. The van der Waals surface area contributed by atoms with E-state index in [1.807, 2.05) is 4.90 Å². The van der Waals surface area contributed by atoms with Crippen molar-refractivity contribution in [2.75, 3.05) is 34.8 Å². The molecule has 166 valence electrons. The number of hydrogen-bond acceptors (Lipinski definition) is 6. The molecule has 0 spiro atoms. The minimum atomic E-state index is -4.53. The molecular formula is C19H19ClF3N5O2S. The molecule has 2 aromatic rings. The molecule has 0 radical (unpaired) electrons. The van der Waals surface area contributed by atoms with Crippen molar-refractivity contribution < 1.29 is 22.8 Å². The standard InChI is InChI=1S/C19H19ClF3N5O2S/c20-13-6-5-12(19(21,22)23)9-14(13)24-16(30)11-3-1-7-27(10-11)17-25-26-18(31-17)28-8-2-4-15(28)29/h5-6,9,11H,1-4,7-8,10H2,(H,24,30). The van der Waals surface area contributed by atoms with Crippen LogP contribution in [-0.4, -0.2) is 41.6 Å². The Hall–Kier alpha value is -2.40. The van der Waals surface area contributed by atoms with Crippen LogP contribution in [0.4, 0.5) is 29.1 Å². The van der Waals surface area contributed by atoms with E-state index in [9.17, 15) is 22.8 Å². The van der Waals surface area contributed by atoms with Gasteiger partial charge < -0.3 is 10.2 Å². The summed E-state index contributed by atoms with van der Waals surface area (Å²) in [5.74, 6) is -0.818. The number of anilines is 3. The average Bonchev–Trinajstić information content (AvgIpc) is 3.37. The van der Waals surface area contributed by atoms with E-state index in [-0.39, 0.29) is 16.6 Å². The SMILES string of the molecule is O=C(Nc1cc(C(F)(F)F)ccc1Cl)C1CCCN(c2nnc(N3CCCC3=O)s2)C1. The van der Waals surface area contributed by atoms with Gasteiger partial charge in [0.15, 0.2) is 0 Å². The molecule has 3 heterocycles. The van der Waals surface area contributed by atoms with Gasteiger partial charge in [0.25, 0.3) is 0 Å². The van der Waals surface area contributed by atoms with E-state index in [4.69, 9.17) is 11.6 Å². The Morgan fingerprint density at radius 1 is 1.19 bits per heavy atom. The molecule has 12 heteroatoms. The fourth-order valence-corrected chi connectivity index (χ4v) is 4.78. The number of piperidine rings is 1. The van der Waals surface area contributed by atoms with Crippen molar-refractivity contribution in [1.29, 1.82) is 0 Å². The van der Waals surface area contributed by atoms with E-state index in [0.717, 1.165) is 24.6 Å². The van der Waals surface area contributed by atoms with Crippen molar-refractivity contribution in [3.63, 3.8) is 0 Å². The number of benzene rings is 1. The van der Waals surface area contributed by atoms with Crippen molar-refractivity contribution in [2.45, 2.75) is 31.9 Å². The molecule has 1 aromatic heterocycles. The number of hydrogen-bond donors (Lipinski definition) is 1. The third-order valence-electron chi connectivity index (χ3n) is 5.32. The predicted molar refractivity (Wildman–Crippen MR) is 112 cm³/mol. The zero-order chi connectivity index (χ0) is 22.2. The van der Waals surface area contributed by atoms with E-state index in [1.54, 1.807) is 4.90 Å². The van der Waals surface area contributed by atoms with Gasteiger partial charge in [0.2, 0.25) is 22.1 Å². The molecule has 4 rings (SSSR count). The second-order valence-corrected chi connectivity index (χ2v) is 8.82. The lowest BCUT2D eigenvalue weighted by molar-refractivity contribution is -0.137. The Balaban J connectivity index is 1.44. The fraction of sp³-hybridized carbons (Fsp3) is 0.474. The summed E-state index contributed by atoms with van der Waals surface area (Å²) >= 11 is 7.29. The summed E-state index contributed by atoms with van der Waals surface area (Å²) in [5.41, 5.74) is -0.945. The van der Waals surface area contributed by atoms with E-state index in [1.165, 1.54) is 11.3 Å². The average molecular weight is 474 g/mol. The molecule has 1 atom stereocenters. The first-order valence-electron chi connectivity index (χ1n) is 9.79. The van der Waals surface area contributed by atoms with Gasteiger partial charge in [-0.1, -0.05) is 22.9 Å². The third-order valence-corrected chi connectivity index (χ3v) is 6.66. The number of carbonyl (C=O) groups is 2. The molecule has 7 nitrogen and oxygen atoms in total. The molecule has 31 heavy (non-hydrogen) atoms. The van der Waals surface area contributed by atoms with Gasteiger partial charge in [0.1, 0.15) is 0 Å². The lowest BCUT2D eigenvalue weighted by atomic mass is 9.97. The molecule has 0 saturated carbocycles. The van der Waals surface area contributed by atoms with Crippen molar-refractivity contribution in [3.05, 3.63) is 28.8 Å². The number of carbonyl (C=O) groups excluding carboxylic acids is 2. The minimum Gasteiger partial charge on any atom is -0.346 e.